The number of hydrogen-bond acceptors (Lipinski definition) is 4. The number of morpholine rings is 1. The monoisotopic (exact) mass is 386 g/mol. The van der Waals surface area contributed by atoms with E-state index in [-0.39, 0.29) is 24.2 Å². The minimum Gasteiger partial charge on any atom is -0.363 e. The Balaban J connectivity index is 1.48. The van der Waals surface area contributed by atoms with E-state index in [1.165, 1.54) is 12.1 Å². The van der Waals surface area contributed by atoms with Crippen LogP contribution in [0.15, 0.2) is 36.8 Å². The summed E-state index contributed by atoms with van der Waals surface area (Å²) >= 11 is 0. The molecule has 2 aliphatic rings. The van der Waals surface area contributed by atoms with Gasteiger partial charge in [0.25, 0.3) is 11.8 Å². The second-order valence-corrected chi connectivity index (χ2v) is 7.50. The molecule has 0 N–H and O–H groups in total. The molecule has 1 aromatic heterocycles. The summed E-state index contributed by atoms with van der Waals surface area (Å²) in [7, 11) is 1.83. The molecule has 0 radical (unpaired) electrons. The van der Waals surface area contributed by atoms with E-state index in [4.69, 9.17) is 4.74 Å². The van der Waals surface area contributed by atoms with Gasteiger partial charge < -0.3 is 19.1 Å². The fraction of sp³-hybridized carbons (Fsp3) is 0.450. The molecule has 7 nitrogen and oxygen atoms in total. The average molecular weight is 386 g/mol. The lowest BCUT2D eigenvalue weighted by atomic mass is 9.92. The Morgan fingerprint density at radius 3 is 2.71 bits per heavy atom. The molecule has 0 saturated carbocycles. The summed E-state index contributed by atoms with van der Waals surface area (Å²) in [4.78, 5) is 32.7. The molecule has 2 saturated heterocycles. The molecule has 1 aromatic carbocycles. The normalized spacial score (nSPS) is 23.1. The lowest BCUT2D eigenvalue weighted by molar-refractivity contribution is -0.140. The van der Waals surface area contributed by atoms with Crippen LogP contribution >= 0.6 is 0 Å². The number of aromatic nitrogens is 2. The maximum Gasteiger partial charge on any atom is 0.274 e. The summed E-state index contributed by atoms with van der Waals surface area (Å²) in [5.41, 5.74) is 0.604. The number of imidazole rings is 1. The van der Waals surface area contributed by atoms with Crippen molar-refractivity contribution >= 4 is 17.5 Å². The molecule has 0 bridgehead atoms. The van der Waals surface area contributed by atoms with Crippen molar-refractivity contribution in [3.05, 3.63) is 48.3 Å². The molecule has 1 unspecified atom stereocenters. The third-order valence-corrected chi connectivity index (χ3v) is 5.50. The Hall–Kier alpha value is -2.74. The average Bonchev–Trinajstić information content (AvgIpc) is 3.02. The van der Waals surface area contributed by atoms with Gasteiger partial charge in [-0.1, -0.05) is 0 Å². The number of ether oxygens (including phenoxy) is 1. The number of aryl methyl sites for hydroxylation is 1. The van der Waals surface area contributed by atoms with E-state index in [9.17, 15) is 14.0 Å². The Morgan fingerprint density at radius 2 is 2.00 bits per heavy atom. The Kier molecular flexibility index (Phi) is 4.89. The van der Waals surface area contributed by atoms with Crippen LogP contribution in [-0.2, 0) is 16.6 Å². The van der Waals surface area contributed by atoms with E-state index >= 15 is 0 Å². The summed E-state index contributed by atoms with van der Waals surface area (Å²) in [5.74, 6) is -0.555. The van der Waals surface area contributed by atoms with Crippen molar-refractivity contribution in [2.24, 2.45) is 7.05 Å². The van der Waals surface area contributed by atoms with Crippen LogP contribution < -0.4 is 4.90 Å². The second kappa shape index (κ2) is 7.35. The molecule has 1 atom stereocenters. The van der Waals surface area contributed by atoms with Crippen LogP contribution in [0.25, 0.3) is 0 Å². The van der Waals surface area contributed by atoms with E-state index in [1.54, 1.807) is 39.0 Å². The molecule has 2 amide bonds. The number of likely N-dealkylation sites (tertiary alicyclic amines) is 1. The van der Waals surface area contributed by atoms with Crippen molar-refractivity contribution in [1.29, 1.82) is 0 Å². The largest absolute Gasteiger partial charge is 0.363 e. The first-order valence-electron chi connectivity index (χ1n) is 9.43. The summed E-state index contributed by atoms with van der Waals surface area (Å²) in [6.45, 7) is 1.57. The van der Waals surface area contributed by atoms with Crippen molar-refractivity contribution < 1.29 is 18.7 Å². The van der Waals surface area contributed by atoms with Gasteiger partial charge in [0.05, 0.1) is 18.5 Å². The topological polar surface area (TPSA) is 67.7 Å². The molecule has 4 rings (SSSR count). The van der Waals surface area contributed by atoms with Crippen molar-refractivity contribution in [3.8, 4) is 0 Å². The van der Waals surface area contributed by atoms with Gasteiger partial charge in [-0.15, -0.1) is 0 Å². The SMILES string of the molecule is Cn1cnc(C(=O)N2CCCC3(CC2)CN(c2ccc(F)cc2)C(=O)CO3)c1. The van der Waals surface area contributed by atoms with Gasteiger partial charge in [-0.3, -0.25) is 9.59 Å². The van der Waals surface area contributed by atoms with Crippen molar-refractivity contribution in [2.75, 3.05) is 31.1 Å². The summed E-state index contributed by atoms with van der Waals surface area (Å²) in [5, 5.41) is 0. The van der Waals surface area contributed by atoms with Crippen LogP contribution in [0.2, 0.25) is 0 Å². The molecule has 1 spiro atoms. The first-order chi connectivity index (χ1) is 13.5. The first-order valence-corrected chi connectivity index (χ1v) is 9.43. The third kappa shape index (κ3) is 3.64. The number of amides is 2. The Labute approximate surface area is 162 Å². The van der Waals surface area contributed by atoms with Crippen LogP contribution in [0.1, 0.15) is 29.8 Å². The van der Waals surface area contributed by atoms with Gasteiger partial charge in [-0.2, -0.15) is 0 Å². The van der Waals surface area contributed by atoms with Gasteiger partial charge in [-0.25, -0.2) is 9.37 Å². The van der Waals surface area contributed by atoms with E-state index in [2.05, 4.69) is 4.98 Å². The zero-order chi connectivity index (χ0) is 19.7. The standard InChI is InChI=1S/C20H23FN4O3/c1-23-11-17(22-14-23)19(27)24-9-2-7-20(8-10-24)13-25(18(26)12-28-20)16-5-3-15(21)4-6-16/h3-6,11,14H,2,7-10,12-13H2,1H3. The van der Waals surface area contributed by atoms with Crippen LogP contribution in [0.4, 0.5) is 10.1 Å². The fourth-order valence-electron chi connectivity index (χ4n) is 3.93. The Morgan fingerprint density at radius 1 is 1.21 bits per heavy atom. The zero-order valence-electron chi connectivity index (χ0n) is 15.8. The molecule has 3 heterocycles. The number of carbonyl (C=O) groups excluding carboxylic acids is 2. The number of rotatable bonds is 2. The van der Waals surface area contributed by atoms with Crippen molar-refractivity contribution in [1.82, 2.24) is 14.5 Å². The molecule has 2 fully saturated rings. The van der Waals surface area contributed by atoms with Gasteiger partial charge in [0.2, 0.25) is 0 Å². The lowest BCUT2D eigenvalue weighted by Crippen LogP contribution is -2.55. The number of anilines is 1. The van der Waals surface area contributed by atoms with Gasteiger partial charge in [0, 0.05) is 32.0 Å². The Bertz CT molecular complexity index is 882. The predicted molar refractivity (Wildman–Crippen MR) is 100 cm³/mol. The van der Waals surface area contributed by atoms with E-state index in [0.29, 0.717) is 37.4 Å². The number of hydrogen-bond donors (Lipinski definition) is 0. The van der Waals surface area contributed by atoms with Crippen LogP contribution in [0, 0.1) is 5.82 Å². The smallest absolute Gasteiger partial charge is 0.274 e. The minimum atomic E-state index is -0.499. The fourth-order valence-corrected chi connectivity index (χ4v) is 3.93. The molecule has 8 heteroatoms. The highest BCUT2D eigenvalue weighted by Gasteiger charge is 2.42. The van der Waals surface area contributed by atoms with E-state index in [0.717, 1.165) is 12.8 Å². The predicted octanol–water partition coefficient (Wildman–Crippen LogP) is 1.99. The number of nitrogens with zero attached hydrogens (tertiary/aromatic N) is 4. The quantitative estimate of drug-likeness (QED) is 0.792. The number of benzene rings is 1. The summed E-state index contributed by atoms with van der Waals surface area (Å²) < 4.78 is 21.0. The van der Waals surface area contributed by atoms with Gasteiger partial charge in [-0.05, 0) is 43.5 Å². The van der Waals surface area contributed by atoms with Gasteiger partial charge in [0.15, 0.2) is 0 Å². The van der Waals surface area contributed by atoms with E-state index < -0.39 is 5.60 Å². The van der Waals surface area contributed by atoms with Crippen molar-refractivity contribution in [3.63, 3.8) is 0 Å². The molecule has 28 heavy (non-hydrogen) atoms. The van der Waals surface area contributed by atoms with Crippen LogP contribution in [-0.4, -0.2) is 58.1 Å². The van der Waals surface area contributed by atoms with Gasteiger partial charge in [0.1, 0.15) is 18.1 Å². The highest BCUT2D eigenvalue weighted by atomic mass is 19.1. The van der Waals surface area contributed by atoms with E-state index in [1.807, 2.05) is 7.05 Å². The maximum atomic E-state index is 13.2. The number of halogens is 1. The zero-order valence-corrected chi connectivity index (χ0v) is 15.8. The molecule has 148 valence electrons. The van der Waals surface area contributed by atoms with Gasteiger partial charge >= 0.3 is 0 Å². The maximum absolute atomic E-state index is 13.2. The highest BCUT2D eigenvalue weighted by molar-refractivity contribution is 5.95. The molecule has 0 aliphatic carbocycles. The minimum absolute atomic E-state index is 0.00837. The molecule has 2 aliphatic heterocycles. The lowest BCUT2D eigenvalue weighted by Gasteiger charge is -2.42. The molecular weight excluding hydrogens is 363 g/mol. The first kappa shape index (κ1) is 18.6. The molecule has 2 aromatic rings. The van der Waals surface area contributed by atoms with Crippen molar-refractivity contribution in [2.45, 2.75) is 24.9 Å². The van der Waals surface area contributed by atoms with Crippen LogP contribution in [0.3, 0.4) is 0 Å². The highest BCUT2D eigenvalue weighted by Crippen LogP contribution is 2.33. The third-order valence-electron chi connectivity index (χ3n) is 5.50. The number of carbonyl (C=O) groups is 2. The summed E-state index contributed by atoms with van der Waals surface area (Å²) in [6.07, 6.45) is 5.50. The van der Waals surface area contributed by atoms with Crippen LogP contribution in [0.5, 0.6) is 0 Å². The summed E-state index contributed by atoms with van der Waals surface area (Å²) in [6, 6.07) is 5.93. The second-order valence-electron chi connectivity index (χ2n) is 7.50. The molecular formula is C20H23FN4O3.